The van der Waals surface area contributed by atoms with Gasteiger partial charge in [-0.05, 0) is 42.7 Å². The second-order valence-corrected chi connectivity index (χ2v) is 7.91. The highest BCUT2D eigenvalue weighted by Crippen LogP contribution is 2.20. The average molecular weight is 401 g/mol. The lowest BCUT2D eigenvalue weighted by molar-refractivity contribution is 0.0309. The molecule has 1 atom stereocenters. The predicted octanol–water partition coefficient (Wildman–Crippen LogP) is 3.30. The Kier molecular flexibility index (Phi) is 7.22. The molecule has 0 unspecified atom stereocenters. The van der Waals surface area contributed by atoms with E-state index in [1.165, 1.54) is 5.56 Å². The van der Waals surface area contributed by atoms with E-state index in [1.54, 1.807) is 7.11 Å². The summed E-state index contributed by atoms with van der Waals surface area (Å²) in [5.41, 5.74) is 1.27. The minimum Gasteiger partial charge on any atom is -0.497 e. The molecule has 6 heteroatoms. The van der Waals surface area contributed by atoms with Crippen LogP contribution in [0.2, 0.25) is 0 Å². The van der Waals surface area contributed by atoms with Crippen LogP contribution in [0.15, 0.2) is 40.8 Å². The number of furan rings is 1. The molecule has 0 radical (unpaired) electrons. The maximum absolute atomic E-state index is 6.17. The van der Waals surface area contributed by atoms with E-state index in [4.69, 9.17) is 18.6 Å². The fraction of sp³-hybridized carbons (Fsp3) is 0.565. The van der Waals surface area contributed by atoms with Gasteiger partial charge in [-0.1, -0.05) is 12.1 Å². The van der Waals surface area contributed by atoms with Crippen LogP contribution in [0, 0.1) is 0 Å². The maximum Gasteiger partial charge on any atom is 0.118 e. The molecular formula is C23H32N2O4. The largest absolute Gasteiger partial charge is 0.497 e. The molecule has 2 saturated heterocycles. The normalized spacial score (nSPS) is 20.4. The summed E-state index contributed by atoms with van der Waals surface area (Å²) >= 11 is 0. The highest BCUT2D eigenvalue weighted by atomic mass is 16.5. The molecule has 6 nitrogen and oxygen atoms in total. The van der Waals surface area contributed by atoms with Gasteiger partial charge in [-0.15, -0.1) is 0 Å². The van der Waals surface area contributed by atoms with Crippen molar-refractivity contribution >= 4 is 0 Å². The van der Waals surface area contributed by atoms with Gasteiger partial charge in [0.25, 0.3) is 0 Å². The number of ether oxygens (including phenoxy) is 3. The number of benzene rings is 1. The number of rotatable bonds is 9. The molecule has 2 aromatic rings. The summed E-state index contributed by atoms with van der Waals surface area (Å²) in [6.07, 6.45) is 2.61. The van der Waals surface area contributed by atoms with Crippen LogP contribution >= 0.6 is 0 Å². The fourth-order valence-electron chi connectivity index (χ4n) is 4.04. The first-order chi connectivity index (χ1) is 14.3. The topological polar surface area (TPSA) is 47.3 Å². The summed E-state index contributed by atoms with van der Waals surface area (Å²) in [5, 5.41) is 0. The zero-order valence-corrected chi connectivity index (χ0v) is 17.3. The highest BCUT2D eigenvalue weighted by Gasteiger charge is 2.21. The van der Waals surface area contributed by atoms with Crippen LogP contribution in [-0.2, 0) is 29.1 Å². The third-order valence-corrected chi connectivity index (χ3v) is 5.63. The summed E-state index contributed by atoms with van der Waals surface area (Å²) < 4.78 is 22.8. The average Bonchev–Trinajstić information content (AvgIpc) is 3.41. The van der Waals surface area contributed by atoms with Crippen LogP contribution in [0.5, 0.6) is 5.75 Å². The predicted molar refractivity (Wildman–Crippen MR) is 111 cm³/mol. The molecule has 0 bridgehead atoms. The molecule has 2 fully saturated rings. The molecule has 0 amide bonds. The second-order valence-electron chi connectivity index (χ2n) is 7.91. The first-order valence-electron chi connectivity index (χ1n) is 10.6. The van der Waals surface area contributed by atoms with Gasteiger partial charge in [0, 0.05) is 32.8 Å². The molecule has 1 aromatic heterocycles. The molecule has 2 aliphatic heterocycles. The highest BCUT2D eigenvalue weighted by molar-refractivity contribution is 5.27. The van der Waals surface area contributed by atoms with Crippen LogP contribution < -0.4 is 4.74 Å². The van der Waals surface area contributed by atoms with Crippen molar-refractivity contribution in [3.8, 4) is 5.75 Å². The quantitative estimate of drug-likeness (QED) is 0.644. The molecular weight excluding hydrogens is 368 g/mol. The summed E-state index contributed by atoms with van der Waals surface area (Å²) in [6, 6.07) is 12.5. The Labute approximate surface area is 173 Å². The third-order valence-electron chi connectivity index (χ3n) is 5.63. The lowest BCUT2D eigenvalue weighted by atomic mass is 10.1. The molecule has 0 N–H and O–H groups in total. The maximum atomic E-state index is 6.17. The van der Waals surface area contributed by atoms with Crippen LogP contribution in [0.3, 0.4) is 0 Å². The standard InChI is InChI=1S/C23H32N2O4/c1-26-20-6-4-19(5-7-20)15-25(16-21-3-2-12-28-21)18-23-9-8-22(29-23)17-24-10-13-27-14-11-24/h4-9,21H,2-3,10-18H2,1H3/t21-/m1/s1. The SMILES string of the molecule is COc1ccc(CN(Cc2ccc(CN3CCOCC3)o2)C[C@H]2CCCO2)cc1. The number of hydrogen-bond donors (Lipinski definition) is 0. The Balaban J connectivity index is 1.38. The molecule has 0 spiro atoms. The van der Waals surface area contributed by atoms with E-state index < -0.39 is 0 Å². The van der Waals surface area contributed by atoms with Crippen LogP contribution in [-0.4, -0.2) is 62.5 Å². The molecule has 158 valence electrons. The molecule has 4 rings (SSSR count). The van der Waals surface area contributed by atoms with Crippen molar-refractivity contribution in [3.63, 3.8) is 0 Å². The zero-order chi connectivity index (χ0) is 19.9. The van der Waals surface area contributed by atoms with Gasteiger partial charge in [-0.25, -0.2) is 0 Å². The lowest BCUT2D eigenvalue weighted by Crippen LogP contribution is -2.35. The van der Waals surface area contributed by atoms with Crippen molar-refractivity contribution in [2.75, 3.05) is 46.6 Å². The van der Waals surface area contributed by atoms with Gasteiger partial charge >= 0.3 is 0 Å². The van der Waals surface area contributed by atoms with Crippen LogP contribution in [0.25, 0.3) is 0 Å². The smallest absolute Gasteiger partial charge is 0.118 e. The number of morpholine rings is 1. The number of hydrogen-bond acceptors (Lipinski definition) is 6. The summed E-state index contributed by atoms with van der Waals surface area (Å²) in [5.74, 6) is 2.93. The monoisotopic (exact) mass is 400 g/mol. The van der Waals surface area contributed by atoms with Gasteiger partial charge in [-0.3, -0.25) is 9.80 Å². The Hall–Kier alpha value is -1.86. The van der Waals surface area contributed by atoms with Crippen molar-refractivity contribution in [3.05, 3.63) is 53.5 Å². The Morgan fingerprint density at radius 2 is 1.79 bits per heavy atom. The van der Waals surface area contributed by atoms with Gasteiger partial charge in [0.15, 0.2) is 0 Å². The van der Waals surface area contributed by atoms with E-state index in [-0.39, 0.29) is 0 Å². The van der Waals surface area contributed by atoms with Crippen LogP contribution in [0.1, 0.15) is 29.9 Å². The van der Waals surface area contributed by atoms with Crippen molar-refractivity contribution in [1.29, 1.82) is 0 Å². The van der Waals surface area contributed by atoms with E-state index in [2.05, 4.69) is 34.1 Å². The number of nitrogens with zero attached hydrogens (tertiary/aromatic N) is 2. The van der Waals surface area contributed by atoms with Crippen molar-refractivity contribution < 1.29 is 18.6 Å². The van der Waals surface area contributed by atoms with E-state index >= 15 is 0 Å². The number of methoxy groups -OCH3 is 1. The minimum absolute atomic E-state index is 0.316. The van der Waals surface area contributed by atoms with Gasteiger partial charge in [0.1, 0.15) is 17.3 Å². The Morgan fingerprint density at radius 1 is 1.00 bits per heavy atom. The van der Waals surface area contributed by atoms with Crippen molar-refractivity contribution in [1.82, 2.24) is 9.80 Å². The van der Waals surface area contributed by atoms with E-state index in [1.807, 2.05) is 12.1 Å². The van der Waals surface area contributed by atoms with Gasteiger partial charge < -0.3 is 18.6 Å². The Morgan fingerprint density at radius 3 is 2.52 bits per heavy atom. The first kappa shape index (κ1) is 20.4. The van der Waals surface area contributed by atoms with Crippen molar-refractivity contribution in [2.24, 2.45) is 0 Å². The first-order valence-corrected chi connectivity index (χ1v) is 10.6. The van der Waals surface area contributed by atoms with E-state index in [0.717, 1.165) is 89.2 Å². The van der Waals surface area contributed by atoms with Gasteiger partial charge in [0.2, 0.25) is 0 Å². The van der Waals surface area contributed by atoms with E-state index in [9.17, 15) is 0 Å². The second kappa shape index (κ2) is 10.3. The van der Waals surface area contributed by atoms with Gasteiger partial charge in [-0.2, -0.15) is 0 Å². The lowest BCUT2D eigenvalue weighted by Gasteiger charge is -2.26. The molecule has 29 heavy (non-hydrogen) atoms. The summed E-state index contributed by atoms with van der Waals surface area (Å²) in [6.45, 7) is 7.87. The third kappa shape index (κ3) is 6.06. The van der Waals surface area contributed by atoms with E-state index in [0.29, 0.717) is 6.10 Å². The van der Waals surface area contributed by atoms with Gasteiger partial charge in [0.05, 0.1) is 39.5 Å². The summed E-state index contributed by atoms with van der Waals surface area (Å²) in [4.78, 5) is 4.81. The van der Waals surface area contributed by atoms with Crippen LogP contribution in [0.4, 0.5) is 0 Å². The Bertz CT molecular complexity index is 734. The molecule has 2 aliphatic rings. The molecule has 1 aromatic carbocycles. The molecule has 0 saturated carbocycles. The molecule has 3 heterocycles. The summed E-state index contributed by atoms with van der Waals surface area (Å²) in [7, 11) is 1.70. The molecule has 0 aliphatic carbocycles. The fourth-order valence-corrected chi connectivity index (χ4v) is 4.04. The minimum atomic E-state index is 0.316. The zero-order valence-electron chi connectivity index (χ0n) is 17.3. The van der Waals surface area contributed by atoms with Crippen molar-refractivity contribution in [2.45, 2.75) is 38.6 Å².